The van der Waals surface area contributed by atoms with Gasteiger partial charge in [0.05, 0.1) is 37.7 Å². The summed E-state index contributed by atoms with van der Waals surface area (Å²) in [5.41, 5.74) is 1.81. The highest BCUT2D eigenvalue weighted by Crippen LogP contribution is 2.20. The number of amides is 2. The molecule has 0 heterocycles. The van der Waals surface area contributed by atoms with Crippen molar-refractivity contribution in [3.63, 3.8) is 0 Å². The fourth-order valence-corrected chi connectivity index (χ4v) is 4.05. The molecular weight excluding hydrogens is 496 g/mol. The van der Waals surface area contributed by atoms with E-state index >= 15 is 0 Å². The molecule has 0 saturated carbocycles. The van der Waals surface area contributed by atoms with Gasteiger partial charge in [0.1, 0.15) is 6.61 Å². The van der Waals surface area contributed by atoms with Gasteiger partial charge in [-0.1, -0.05) is 72.8 Å². The van der Waals surface area contributed by atoms with Gasteiger partial charge < -0.3 is 25.2 Å². The maximum absolute atomic E-state index is 13.2. The fourth-order valence-electron chi connectivity index (χ4n) is 4.05. The number of allylic oxidation sites excluding steroid dienone is 2. The second-order valence-corrected chi connectivity index (χ2v) is 9.12. The van der Waals surface area contributed by atoms with E-state index in [1.165, 1.54) is 0 Å². The van der Waals surface area contributed by atoms with Crippen molar-refractivity contribution in [2.75, 3.05) is 33.0 Å². The molecule has 2 aromatic carbocycles. The highest BCUT2D eigenvalue weighted by atomic mass is 16.5. The second-order valence-electron chi connectivity index (χ2n) is 9.12. The smallest absolute Gasteiger partial charge is 0.309 e. The van der Waals surface area contributed by atoms with E-state index < -0.39 is 17.9 Å². The Morgan fingerprint density at radius 1 is 0.897 bits per heavy atom. The van der Waals surface area contributed by atoms with E-state index in [4.69, 9.17) is 14.6 Å². The van der Waals surface area contributed by atoms with E-state index in [-0.39, 0.29) is 57.2 Å². The number of hydrogen-bond acceptors (Lipinski definition) is 6. The zero-order valence-electron chi connectivity index (χ0n) is 22.4. The van der Waals surface area contributed by atoms with Crippen LogP contribution in [0.3, 0.4) is 0 Å². The third kappa shape index (κ3) is 12.1. The van der Waals surface area contributed by atoms with Gasteiger partial charge in [-0.15, -0.1) is 13.2 Å². The Bertz CT molecular complexity index is 1030. The summed E-state index contributed by atoms with van der Waals surface area (Å²) in [5, 5.41) is 14.4. The van der Waals surface area contributed by atoms with Crippen LogP contribution in [0.5, 0.6) is 0 Å². The molecule has 8 nitrogen and oxygen atoms in total. The number of rotatable bonds is 19. The molecule has 210 valence electrons. The maximum Gasteiger partial charge on any atom is 0.309 e. The van der Waals surface area contributed by atoms with Crippen molar-refractivity contribution in [1.29, 1.82) is 0 Å². The van der Waals surface area contributed by atoms with Gasteiger partial charge in [0.2, 0.25) is 11.8 Å². The summed E-state index contributed by atoms with van der Waals surface area (Å²) in [7, 11) is 0. The zero-order valence-corrected chi connectivity index (χ0v) is 22.4. The van der Waals surface area contributed by atoms with Gasteiger partial charge in [-0.25, -0.2) is 0 Å². The van der Waals surface area contributed by atoms with Gasteiger partial charge in [0, 0.05) is 13.0 Å². The molecule has 0 bridgehead atoms. The molecule has 0 aromatic heterocycles. The molecule has 0 spiro atoms. The first-order valence-electron chi connectivity index (χ1n) is 13.2. The van der Waals surface area contributed by atoms with Crippen LogP contribution in [0, 0.1) is 11.8 Å². The van der Waals surface area contributed by atoms with E-state index in [0.717, 1.165) is 11.1 Å². The Kier molecular flexibility index (Phi) is 14.9. The SMILES string of the molecule is C=CCC(CC(=O)NCCOCCO)C(=O)NC(COC(=O)C(CC=C)Cc1ccccc1)c1ccccc1. The van der Waals surface area contributed by atoms with Gasteiger partial charge in [-0.3, -0.25) is 14.4 Å². The van der Waals surface area contributed by atoms with E-state index in [9.17, 15) is 14.4 Å². The third-order valence-electron chi connectivity index (χ3n) is 6.08. The van der Waals surface area contributed by atoms with Crippen molar-refractivity contribution in [1.82, 2.24) is 10.6 Å². The number of nitrogens with one attached hydrogen (secondary N) is 2. The summed E-state index contributed by atoms with van der Waals surface area (Å²) in [6, 6.07) is 18.4. The molecule has 3 unspecified atom stereocenters. The molecule has 0 aliphatic heterocycles. The van der Waals surface area contributed by atoms with Crippen molar-refractivity contribution in [2.45, 2.75) is 31.7 Å². The van der Waals surface area contributed by atoms with E-state index in [0.29, 0.717) is 19.3 Å². The minimum absolute atomic E-state index is 0.0301. The molecule has 0 saturated heterocycles. The number of carbonyl (C=O) groups excluding carboxylic acids is 3. The molecule has 3 atom stereocenters. The van der Waals surface area contributed by atoms with E-state index in [2.05, 4.69) is 23.8 Å². The molecule has 0 fully saturated rings. The third-order valence-corrected chi connectivity index (χ3v) is 6.08. The molecule has 0 aliphatic carbocycles. The predicted molar refractivity (Wildman–Crippen MR) is 151 cm³/mol. The van der Waals surface area contributed by atoms with Crippen molar-refractivity contribution in [3.8, 4) is 0 Å². The van der Waals surface area contributed by atoms with Crippen LogP contribution in [0.4, 0.5) is 0 Å². The lowest BCUT2D eigenvalue weighted by Gasteiger charge is -2.24. The summed E-state index contributed by atoms with van der Waals surface area (Å²) < 4.78 is 10.9. The van der Waals surface area contributed by atoms with Gasteiger partial charge in [-0.2, -0.15) is 0 Å². The molecule has 8 heteroatoms. The lowest BCUT2D eigenvalue weighted by Crippen LogP contribution is -2.39. The highest BCUT2D eigenvalue weighted by Gasteiger charge is 2.26. The van der Waals surface area contributed by atoms with Crippen LogP contribution in [0.1, 0.15) is 36.4 Å². The van der Waals surface area contributed by atoms with Gasteiger partial charge >= 0.3 is 5.97 Å². The topological polar surface area (TPSA) is 114 Å². The monoisotopic (exact) mass is 536 g/mol. The van der Waals surface area contributed by atoms with Gasteiger partial charge in [-0.05, 0) is 30.4 Å². The molecule has 2 aromatic rings. The Morgan fingerprint density at radius 3 is 2.18 bits per heavy atom. The maximum atomic E-state index is 13.2. The average Bonchev–Trinajstić information content (AvgIpc) is 2.95. The van der Waals surface area contributed by atoms with Gasteiger partial charge in [0.15, 0.2) is 0 Å². The Balaban J connectivity index is 2.04. The van der Waals surface area contributed by atoms with Gasteiger partial charge in [0.25, 0.3) is 0 Å². The van der Waals surface area contributed by atoms with Crippen LogP contribution in [-0.4, -0.2) is 55.9 Å². The first kappa shape index (κ1) is 31.5. The lowest BCUT2D eigenvalue weighted by atomic mass is 9.96. The van der Waals surface area contributed by atoms with Crippen LogP contribution >= 0.6 is 0 Å². The Hall–Kier alpha value is -3.75. The normalized spacial score (nSPS) is 12.9. The minimum Gasteiger partial charge on any atom is -0.463 e. The number of esters is 1. The first-order chi connectivity index (χ1) is 19.0. The molecule has 39 heavy (non-hydrogen) atoms. The number of benzene rings is 2. The number of aliphatic hydroxyl groups is 1. The summed E-state index contributed by atoms with van der Waals surface area (Å²) >= 11 is 0. The van der Waals surface area contributed by atoms with E-state index in [1.807, 2.05) is 60.7 Å². The standard InChI is InChI=1S/C31H40N2O6/c1-3-11-26(22-29(35)32-17-19-38-20-18-34)30(36)33-28(25-15-9-6-10-16-25)23-39-31(37)27(12-4-2)21-24-13-7-5-8-14-24/h3-10,13-16,26-28,34H,1-2,11-12,17-23H2,(H,32,35)(H,33,36). The quantitative estimate of drug-likeness (QED) is 0.144. The van der Waals surface area contributed by atoms with Crippen LogP contribution in [0.15, 0.2) is 86.0 Å². The zero-order chi connectivity index (χ0) is 28.3. The number of ether oxygens (including phenoxy) is 2. The molecular formula is C31H40N2O6. The molecule has 2 amide bonds. The first-order valence-corrected chi connectivity index (χ1v) is 13.2. The number of hydrogen-bond donors (Lipinski definition) is 3. The van der Waals surface area contributed by atoms with Crippen molar-refractivity contribution in [2.24, 2.45) is 11.8 Å². The van der Waals surface area contributed by atoms with Crippen LogP contribution < -0.4 is 10.6 Å². The van der Waals surface area contributed by atoms with Crippen molar-refractivity contribution < 1.29 is 29.0 Å². The molecule has 3 N–H and O–H groups in total. The Labute approximate surface area is 231 Å². The summed E-state index contributed by atoms with van der Waals surface area (Å²) in [6.45, 7) is 8.10. The summed E-state index contributed by atoms with van der Waals surface area (Å²) in [5.74, 6) is -2.02. The number of aliphatic hydroxyl groups excluding tert-OH is 1. The largest absolute Gasteiger partial charge is 0.463 e. The number of carbonyl (C=O) groups is 3. The van der Waals surface area contributed by atoms with Crippen LogP contribution in [0.25, 0.3) is 0 Å². The van der Waals surface area contributed by atoms with Crippen molar-refractivity contribution >= 4 is 17.8 Å². The molecule has 0 aliphatic rings. The highest BCUT2D eigenvalue weighted by molar-refractivity contribution is 5.86. The van der Waals surface area contributed by atoms with Crippen molar-refractivity contribution in [3.05, 3.63) is 97.1 Å². The minimum atomic E-state index is -0.644. The van der Waals surface area contributed by atoms with Crippen LogP contribution in [0.2, 0.25) is 0 Å². The average molecular weight is 537 g/mol. The van der Waals surface area contributed by atoms with E-state index in [1.54, 1.807) is 12.2 Å². The molecule has 2 rings (SSSR count). The fraction of sp³-hybridized carbons (Fsp3) is 0.387. The predicted octanol–water partition coefficient (Wildman–Crippen LogP) is 3.53. The summed E-state index contributed by atoms with van der Waals surface area (Å²) in [6.07, 6.45) is 4.57. The Morgan fingerprint density at radius 2 is 1.54 bits per heavy atom. The summed E-state index contributed by atoms with van der Waals surface area (Å²) in [4.78, 5) is 38.7. The molecule has 0 radical (unpaired) electrons. The van der Waals surface area contributed by atoms with Crippen LogP contribution in [-0.2, 0) is 30.3 Å². The second kappa shape index (κ2) is 18.5. The lowest BCUT2D eigenvalue weighted by molar-refractivity contribution is -0.150.